The van der Waals surface area contributed by atoms with Crippen molar-refractivity contribution in [2.24, 2.45) is 0 Å². The maximum atomic E-state index is 12.3. The van der Waals surface area contributed by atoms with Crippen LogP contribution in [0.3, 0.4) is 0 Å². The summed E-state index contributed by atoms with van der Waals surface area (Å²) in [4.78, 5) is 53.7. The first-order chi connectivity index (χ1) is 21.0. The van der Waals surface area contributed by atoms with E-state index >= 15 is 0 Å². The van der Waals surface area contributed by atoms with Crippen LogP contribution in [0.2, 0.25) is 0 Å². The average molecular weight is 590 g/mol. The van der Waals surface area contributed by atoms with E-state index in [1.165, 1.54) is 20.2 Å². The van der Waals surface area contributed by atoms with Crippen molar-refractivity contribution in [3.63, 3.8) is 0 Å². The van der Waals surface area contributed by atoms with Crippen LogP contribution in [0.5, 0.6) is 0 Å². The Hall–Kier alpha value is -5.45. The Kier molecular flexibility index (Phi) is 7.16. The van der Waals surface area contributed by atoms with E-state index in [-0.39, 0.29) is 17.3 Å². The quantitative estimate of drug-likeness (QED) is 0.209. The van der Waals surface area contributed by atoms with Gasteiger partial charge in [-0.1, -0.05) is 32.0 Å². The van der Waals surface area contributed by atoms with Gasteiger partial charge in [-0.05, 0) is 60.9 Å². The largest absolute Gasteiger partial charge is 0.453 e. The first kappa shape index (κ1) is 28.7. The summed E-state index contributed by atoms with van der Waals surface area (Å²) in [6, 6.07) is 15.8. The first-order valence-electron chi connectivity index (χ1n) is 14.2. The highest BCUT2D eigenvalue weighted by Gasteiger charge is 2.32. The number of carbonyl (C=O) groups excluding carboxylic acids is 3. The number of aromatic nitrogens is 4. The van der Waals surface area contributed by atoms with E-state index in [9.17, 15) is 14.4 Å². The molecular formula is C33H31N7O4. The molecule has 1 aliphatic heterocycles. The Bertz CT molecular complexity index is 1990. The fraction of sp³-hybridized carbons (Fsp3) is 0.242. The molecule has 0 fully saturated rings. The van der Waals surface area contributed by atoms with Crippen molar-refractivity contribution in [2.45, 2.75) is 52.6 Å². The molecule has 1 aliphatic rings. The number of carbonyl (C=O) groups is 3. The molecule has 2 aromatic heterocycles. The second-order valence-electron chi connectivity index (χ2n) is 11.6. The predicted octanol–water partition coefficient (Wildman–Crippen LogP) is 5.80. The van der Waals surface area contributed by atoms with Gasteiger partial charge < -0.3 is 15.4 Å². The van der Waals surface area contributed by atoms with Crippen molar-refractivity contribution in [1.82, 2.24) is 19.9 Å². The number of ether oxygens (including phenoxy) is 1. The zero-order valence-electron chi connectivity index (χ0n) is 25.0. The molecule has 0 saturated carbocycles. The molecule has 1 unspecified atom stereocenters. The second kappa shape index (κ2) is 11.0. The number of benzene rings is 3. The van der Waals surface area contributed by atoms with Crippen molar-refractivity contribution >= 4 is 62.7 Å². The number of esters is 1. The molecule has 5 aromatic rings. The maximum absolute atomic E-state index is 12.3. The maximum Gasteiger partial charge on any atom is 0.303 e. The molecule has 44 heavy (non-hydrogen) atoms. The summed E-state index contributed by atoms with van der Waals surface area (Å²) < 4.78 is 4.92. The highest BCUT2D eigenvalue weighted by Crippen LogP contribution is 2.40. The minimum absolute atomic E-state index is 0.00266. The number of nitrogens with one attached hydrogen (secondary N) is 3. The van der Waals surface area contributed by atoms with Crippen LogP contribution in [0, 0.1) is 6.92 Å². The molecule has 0 spiro atoms. The van der Waals surface area contributed by atoms with Gasteiger partial charge in [0.25, 0.3) is 5.91 Å². The zero-order chi connectivity index (χ0) is 31.2. The first-order valence-corrected chi connectivity index (χ1v) is 14.2. The van der Waals surface area contributed by atoms with Gasteiger partial charge in [-0.3, -0.25) is 19.7 Å². The van der Waals surface area contributed by atoms with Gasteiger partial charge in [0, 0.05) is 52.7 Å². The number of aryl methyl sites for hydroxylation is 1. The second-order valence-corrected chi connectivity index (χ2v) is 11.6. The van der Waals surface area contributed by atoms with Crippen molar-refractivity contribution in [3.05, 3.63) is 72.2 Å². The summed E-state index contributed by atoms with van der Waals surface area (Å²) in [5.74, 6) is -0.304. The summed E-state index contributed by atoms with van der Waals surface area (Å²) in [6.07, 6.45) is 2.65. The minimum Gasteiger partial charge on any atom is -0.453 e. The van der Waals surface area contributed by atoms with E-state index in [2.05, 4.69) is 49.7 Å². The zero-order valence-corrected chi connectivity index (χ0v) is 25.0. The van der Waals surface area contributed by atoms with Gasteiger partial charge >= 0.3 is 5.97 Å². The van der Waals surface area contributed by atoms with Crippen molar-refractivity contribution in [3.8, 4) is 11.1 Å². The topological polar surface area (TPSA) is 148 Å². The van der Waals surface area contributed by atoms with E-state index in [1.807, 2.05) is 55.5 Å². The van der Waals surface area contributed by atoms with Crippen LogP contribution in [0.1, 0.15) is 45.2 Å². The van der Waals surface area contributed by atoms with Crippen molar-refractivity contribution in [2.75, 3.05) is 16.0 Å². The molecule has 2 amide bonds. The number of anilines is 4. The monoisotopic (exact) mass is 589 g/mol. The smallest absolute Gasteiger partial charge is 0.303 e. The number of hydrogen-bond donors (Lipinski definition) is 3. The van der Waals surface area contributed by atoms with E-state index in [0.717, 1.165) is 49.9 Å². The van der Waals surface area contributed by atoms with E-state index in [0.29, 0.717) is 17.8 Å². The Balaban J connectivity index is 1.32. The van der Waals surface area contributed by atoms with Gasteiger partial charge in [0.15, 0.2) is 6.10 Å². The molecule has 3 heterocycles. The Morgan fingerprint density at radius 1 is 1.05 bits per heavy atom. The number of hydrogen-bond acceptors (Lipinski definition) is 9. The molecule has 11 heteroatoms. The lowest BCUT2D eigenvalue weighted by atomic mass is 9.78. The van der Waals surface area contributed by atoms with Crippen LogP contribution in [0.4, 0.5) is 23.1 Å². The van der Waals surface area contributed by atoms with Crippen LogP contribution >= 0.6 is 0 Å². The number of amides is 2. The highest BCUT2D eigenvalue weighted by atomic mass is 16.5. The highest BCUT2D eigenvalue weighted by molar-refractivity contribution is 6.03. The van der Waals surface area contributed by atoms with Crippen molar-refractivity contribution < 1.29 is 19.1 Å². The predicted molar refractivity (Wildman–Crippen MR) is 169 cm³/mol. The lowest BCUT2D eigenvalue weighted by Crippen LogP contribution is -2.32. The molecule has 1 atom stereocenters. The van der Waals surface area contributed by atoms with E-state index < -0.39 is 18.0 Å². The van der Waals surface area contributed by atoms with Gasteiger partial charge in [-0.25, -0.2) is 19.9 Å². The van der Waals surface area contributed by atoms with Crippen LogP contribution in [-0.2, 0) is 24.5 Å². The minimum atomic E-state index is -0.967. The standard InChI is InChI=1S/C33H31N7O4/c1-17-6-9-23-29(35-16-36-30(23)37-22-8-10-24-26(13-22)38-27(42)14-33(24,4)5)28(17)20-7-11-25-21(12-20)15-34-32(39-25)40-31(43)18(2)44-19(3)41/h6-13,15-16,18H,14H2,1-5H3,(H,38,42)(H,35,36,37)(H,34,39,40,43). The summed E-state index contributed by atoms with van der Waals surface area (Å²) in [5, 5.41) is 10.6. The summed E-state index contributed by atoms with van der Waals surface area (Å²) in [5.41, 5.74) is 6.77. The fourth-order valence-electron chi connectivity index (χ4n) is 5.60. The molecule has 3 aromatic carbocycles. The van der Waals surface area contributed by atoms with Crippen LogP contribution in [0.25, 0.3) is 32.9 Å². The van der Waals surface area contributed by atoms with Gasteiger partial charge in [0.05, 0.1) is 11.0 Å². The molecule has 0 radical (unpaired) electrons. The van der Waals surface area contributed by atoms with Crippen LogP contribution in [-0.4, -0.2) is 43.8 Å². The molecule has 11 nitrogen and oxygen atoms in total. The molecule has 0 aliphatic carbocycles. The average Bonchev–Trinajstić information content (AvgIpc) is 2.96. The lowest BCUT2D eigenvalue weighted by Gasteiger charge is -2.32. The van der Waals surface area contributed by atoms with Crippen LogP contribution in [0.15, 0.2) is 61.1 Å². The molecule has 222 valence electrons. The van der Waals surface area contributed by atoms with Gasteiger partial charge in [-0.15, -0.1) is 0 Å². The SMILES string of the molecule is CC(=O)OC(C)C(=O)Nc1ncc2cc(-c3c(C)ccc4c(Nc5ccc6c(c5)NC(=O)CC6(C)C)ncnc34)ccc2n1. The third-order valence-electron chi connectivity index (χ3n) is 7.72. The third kappa shape index (κ3) is 5.51. The molecule has 6 rings (SSSR count). The summed E-state index contributed by atoms with van der Waals surface area (Å²) in [7, 11) is 0. The summed E-state index contributed by atoms with van der Waals surface area (Å²) in [6.45, 7) is 8.90. The lowest BCUT2D eigenvalue weighted by molar-refractivity contribution is -0.150. The van der Waals surface area contributed by atoms with Crippen LogP contribution < -0.4 is 16.0 Å². The third-order valence-corrected chi connectivity index (χ3v) is 7.72. The number of fused-ring (bicyclic) bond motifs is 3. The molecule has 0 saturated heterocycles. The van der Waals surface area contributed by atoms with Gasteiger partial charge in [-0.2, -0.15) is 0 Å². The Labute approximate surface area is 253 Å². The molecule has 0 bridgehead atoms. The number of rotatable bonds is 6. The van der Waals surface area contributed by atoms with Gasteiger partial charge in [0.1, 0.15) is 12.1 Å². The van der Waals surface area contributed by atoms with Crippen molar-refractivity contribution in [1.29, 1.82) is 0 Å². The van der Waals surface area contributed by atoms with E-state index in [4.69, 9.17) is 4.74 Å². The summed E-state index contributed by atoms with van der Waals surface area (Å²) >= 11 is 0. The Morgan fingerprint density at radius 2 is 1.86 bits per heavy atom. The fourth-order valence-corrected chi connectivity index (χ4v) is 5.60. The molecular weight excluding hydrogens is 558 g/mol. The van der Waals surface area contributed by atoms with Gasteiger partial charge in [0.2, 0.25) is 11.9 Å². The molecule has 3 N–H and O–H groups in total. The van der Waals surface area contributed by atoms with E-state index in [1.54, 1.807) is 6.20 Å². The Morgan fingerprint density at radius 3 is 2.66 bits per heavy atom. The normalized spacial score (nSPS) is 14.4. The number of nitrogens with zero attached hydrogens (tertiary/aromatic N) is 4.